The van der Waals surface area contributed by atoms with Crippen molar-refractivity contribution in [2.75, 3.05) is 6.61 Å². The molecule has 0 heterocycles. The summed E-state index contributed by atoms with van der Waals surface area (Å²) in [6, 6.07) is 0. The smallest absolute Gasteiger partial charge is 0.303 e. The van der Waals surface area contributed by atoms with Gasteiger partial charge in [-0.05, 0) is 79.4 Å². The second kappa shape index (κ2) is 6.70. The number of rotatable bonds is 3. The highest BCUT2D eigenvalue weighted by atomic mass is 16.5. The van der Waals surface area contributed by atoms with Gasteiger partial charge in [0, 0.05) is 25.7 Å². The van der Waals surface area contributed by atoms with E-state index in [0.717, 1.165) is 38.5 Å². The highest BCUT2D eigenvalue weighted by molar-refractivity contribution is 5.85. The molecule has 4 aliphatic rings. The number of esters is 1. The van der Waals surface area contributed by atoms with Crippen molar-refractivity contribution in [3.05, 3.63) is 0 Å². The average molecular weight is 375 g/mol. The minimum atomic E-state index is -0.371. The van der Waals surface area contributed by atoms with E-state index in [0.29, 0.717) is 34.9 Å². The molecule has 0 aromatic rings. The molecule has 4 rings (SSSR count). The quantitative estimate of drug-likeness (QED) is 0.689. The molecular formula is C23H34O4. The number of carbonyl (C=O) groups is 3. The second-order valence-electron chi connectivity index (χ2n) is 10.3. The first kappa shape index (κ1) is 19.1. The Morgan fingerprint density at radius 3 is 2.48 bits per heavy atom. The first-order chi connectivity index (χ1) is 12.8. The Morgan fingerprint density at radius 2 is 1.74 bits per heavy atom. The van der Waals surface area contributed by atoms with Crippen molar-refractivity contribution in [1.82, 2.24) is 0 Å². The maximum atomic E-state index is 12.8. The first-order valence-corrected chi connectivity index (χ1v) is 10.9. The molecule has 4 saturated carbocycles. The molecule has 4 heteroatoms. The number of hydrogen-bond acceptors (Lipinski definition) is 4. The van der Waals surface area contributed by atoms with Gasteiger partial charge in [0.15, 0.2) is 5.78 Å². The summed E-state index contributed by atoms with van der Waals surface area (Å²) in [6.07, 6.45) is 9.41. The lowest BCUT2D eigenvalue weighted by Gasteiger charge is -2.60. The molecule has 150 valence electrons. The number of hydrogen-bond donors (Lipinski definition) is 0. The SMILES string of the molecule is CC(=O)OCC(=O)[C@@H]1CC[C@@H]2[C@H]3CC[C@H]4CC(=O)CC[C@]4(C)[C@@H]3CC[C@@]21C. The van der Waals surface area contributed by atoms with Crippen LogP contribution in [0.25, 0.3) is 0 Å². The highest BCUT2D eigenvalue weighted by Crippen LogP contribution is 2.67. The van der Waals surface area contributed by atoms with Gasteiger partial charge in [-0.3, -0.25) is 14.4 Å². The van der Waals surface area contributed by atoms with Crippen LogP contribution in [-0.4, -0.2) is 24.1 Å². The zero-order valence-electron chi connectivity index (χ0n) is 17.1. The Morgan fingerprint density at radius 1 is 1.00 bits per heavy atom. The Bertz CT molecular complexity index is 655. The van der Waals surface area contributed by atoms with E-state index in [2.05, 4.69) is 13.8 Å². The van der Waals surface area contributed by atoms with Crippen molar-refractivity contribution in [3.8, 4) is 0 Å². The Kier molecular flexibility index (Phi) is 4.75. The van der Waals surface area contributed by atoms with E-state index in [4.69, 9.17) is 4.74 Å². The zero-order valence-corrected chi connectivity index (χ0v) is 17.1. The van der Waals surface area contributed by atoms with Crippen molar-refractivity contribution in [3.63, 3.8) is 0 Å². The molecular weight excluding hydrogens is 340 g/mol. The van der Waals surface area contributed by atoms with E-state index in [-0.39, 0.29) is 29.7 Å². The van der Waals surface area contributed by atoms with Gasteiger partial charge in [0.25, 0.3) is 0 Å². The van der Waals surface area contributed by atoms with Crippen molar-refractivity contribution in [2.24, 2.45) is 40.4 Å². The summed E-state index contributed by atoms with van der Waals surface area (Å²) >= 11 is 0. The summed E-state index contributed by atoms with van der Waals surface area (Å²) < 4.78 is 5.02. The molecule has 0 aliphatic heterocycles. The summed E-state index contributed by atoms with van der Waals surface area (Å²) in [7, 11) is 0. The lowest BCUT2D eigenvalue weighted by molar-refractivity contribution is -0.151. The van der Waals surface area contributed by atoms with E-state index in [1.54, 1.807) is 0 Å². The number of ether oxygens (including phenoxy) is 1. The largest absolute Gasteiger partial charge is 0.458 e. The predicted octanol–water partition coefficient (Wildman–Crippen LogP) is 4.35. The standard InChI is InChI=1S/C23H34O4/c1-14(24)27-13-21(26)20-7-6-18-17-5-4-15-12-16(25)8-10-22(15,2)19(17)9-11-23(18,20)3/h15,17-20H,4-13H2,1-3H3/t15-,17+,18+,19+,20-,22-,23-/m0/s1. The molecule has 0 saturated heterocycles. The molecule has 7 atom stereocenters. The van der Waals surface area contributed by atoms with Crippen molar-refractivity contribution in [2.45, 2.75) is 78.6 Å². The van der Waals surface area contributed by atoms with Gasteiger partial charge < -0.3 is 4.74 Å². The summed E-state index contributed by atoms with van der Waals surface area (Å²) in [5, 5.41) is 0. The van der Waals surface area contributed by atoms with E-state index in [1.165, 1.54) is 26.2 Å². The number of Topliss-reactive ketones (excluding diaryl/α,β-unsaturated/α-hetero) is 2. The first-order valence-electron chi connectivity index (χ1n) is 10.9. The average Bonchev–Trinajstić information content (AvgIpc) is 2.97. The van der Waals surface area contributed by atoms with Crippen LogP contribution in [0.3, 0.4) is 0 Å². The molecule has 0 radical (unpaired) electrons. The third kappa shape index (κ3) is 2.98. The lowest BCUT2D eigenvalue weighted by atomic mass is 9.44. The molecule has 4 fully saturated rings. The van der Waals surface area contributed by atoms with Gasteiger partial charge in [-0.25, -0.2) is 0 Å². The Hall–Kier alpha value is -1.19. The molecule has 27 heavy (non-hydrogen) atoms. The normalized spacial score (nSPS) is 46.2. The van der Waals surface area contributed by atoms with Gasteiger partial charge in [0.1, 0.15) is 12.4 Å². The zero-order chi connectivity index (χ0) is 19.4. The van der Waals surface area contributed by atoms with Crippen LogP contribution in [0.2, 0.25) is 0 Å². The van der Waals surface area contributed by atoms with Crippen LogP contribution >= 0.6 is 0 Å². The van der Waals surface area contributed by atoms with Gasteiger partial charge in [-0.1, -0.05) is 13.8 Å². The summed E-state index contributed by atoms with van der Waals surface area (Å²) in [5.41, 5.74) is 0.379. The van der Waals surface area contributed by atoms with E-state index < -0.39 is 0 Å². The van der Waals surface area contributed by atoms with Crippen LogP contribution in [0.15, 0.2) is 0 Å². The van der Waals surface area contributed by atoms with Crippen LogP contribution in [0, 0.1) is 40.4 Å². The predicted molar refractivity (Wildman–Crippen MR) is 102 cm³/mol. The van der Waals surface area contributed by atoms with Gasteiger partial charge in [0.2, 0.25) is 0 Å². The highest BCUT2D eigenvalue weighted by Gasteiger charge is 2.61. The van der Waals surface area contributed by atoms with Crippen molar-refractivity contribution < 1.29 is 19.1 Å². The molecule has 0 N–H and O–H groups in total. The molecule has 0 amide bonds. The molecule has 0 aromatic carbocycles. The van der Waals surface area contributed by atoms with Crippen LogP contribution in [0.1, 0.15) is 78.6 Å². The number of carbonyl (C=O) groups excluding carboxylic acids is 3. The number of fused-ring (bicyclic) bond motifs is 5. The third-order valence-electron chi connectivity index (χ3n) is 9.29. The fourth-order valence-corrected chi connectivity index (χ4v) is 7.85. The van der Waals surface area contributed by atoms with Gasteiger partial charge in [-0.2, -0.15) is 0 Å². The monoisotopic (exact) mass is 374 g/mol. The van der Waals surface area contributed by atoms with Crippen LogP contribution in [0.5, 0.6) is 0 Å². The maximum absolute atomic E-state index is 12.8. The van der Waals surface area contributed by atoms with Crippen LogP contribution in [-0.2, 0) is 19.1 Å². The Balaban J connectivity index is 1.53. The van der Waals surface area contributed by atoms with Crippen molar-refractivity contribution in [1.29, 1.82) is 0 Å². The minimum absolute atomic E-state index is 0.0428. The second-order valence-corrected chi connectivity index (χ2v) is 10.3. The van der Waals surface area contributed by atoms with Crippen LogP contribution in [0.4, 0.5) is 0 Å². The molecule has 0 spiro atoms. The topological polar surface area (TPSA) is 60.4 Å². The van der Waals surface area contributed by atoms with E-state index in [9.17, 15) is 14.4 Å². The summed E-state index contributed by atoms with van der Waals surface area (Å²) in [5.74, 6) is 2.86. The lowest BCUT2D eigenvalue weighted by Crippen LogP contribution is -2.54. The maximum Gasteiger partial charge on any atom is 0.303 e. The summed E-state index contributed by atoms with van der Waals surface area (Å²) in [6.45, 7) is 6.10. The van der Waals surface area contributed by atoms with Crippen molar-refractivity contribution >= 4 is 17.5 Å². The van der Waals surface area contributed by atoms with Gasteiger partial charge >= 0.3 is 5.97 Å². The number of ketones is 2. The van der Waals surface area contributed by atoms with Gasteiger partial charge in [-0.15, -0.1) is 0 Å². The molecule has 4 aliphatic carbocycles. The Labute approximate surface area is 162 Å². The molecule has 0 unspecified atom stereocenters. The fourth-order valence-electron chi connectivity index (χ4n) is 7.85. The van der Waals surface area contributed by atoms with Crippen LogP contribution < -0.4 is 0 Å². The molecule has 4 nitrogen and oxygen atoms in total. The fraction of sp³-hybridized carbons (Fsp3) is 0.870. The third-order valence-corrected chi connectivity index (χ3v) is 9.29. The molecule has 0 bridgehead atoms. The molecule has 0 aromatic heterocycles. The summed E-state index contributed by atoms with van der Waals surface area (Å²) in [4.78, 5) is 35.9. The van der Waals surface area contributed by atoms with E-state index >= 15 is 0 Å². The van der Waals surface area contributed by atoms with E-state index in [1.807, 2.05) is 0 Å². The minimum Gasteiger partial charge on any atom is -0.458 e. The van der Waals surface area contributed by atoms with Gasteiger partial charge in [0.05, 0.1) is 0 Å².